The van der Waals surface area contributed by atoms with Crippen molar-refractivity contribution in [2.24, 2.45) is 5.10 Å². The molecule has 0 saturated carbocycles. The average Bonchev–Trinajstić information content (AvgIpc) is 3.30. The Labute approximate surface area is 150 Å². The summed E-state index contributed by atoms with van der Waals surface area (Å²) in [4.78, 5) is 22.1. The first kappa shape index (κ1) is 17.6. The van der Waals surface area contributed by atoms with Crippen LogP contribution in [0.1, 0.15) is 16.2 Å². The highest BCUT2D eigenvalue weighted by Gasteiger charge is 2.16. The number of nitrogens with zero attached hydrogens (tertiary/aromatic N) is 4. The highest BCUT2D eigenvalue weighted by atomic mass is 16.6. The molecule has 3 aromatic rings. The third-order valence-corrected chi connectivity index (χ3v) is 3.38. The molecular weight excluding hydrogens is 360 g/mol. The van der Waals surface area contributed by atoms with Gasteiger partial charge in [0, 0.05) is 6.07 Å². The van der Waals surface area contributed by atoms with E-state index < -0.39 is 10.8 Å². The Morgan fingerprint density at radius 2 is 2.19 bits per heavy atom. The van der Waals surface area contributed by atoms with Crippen LogP contribution in [-0.2, 0) is 0 Å². The summed E-state index contributed by atoms with van der Waals surface area (Å²) < 4.78 is 15.1. The standard InChI is InChI=1S/C15H12N6O6/c1-25-12-6-8(21(23)24)2-4-10(12)11-5-3-9(26-11)7-17-18-15(22)13-14(16)20-27-19-13/h2-7H,1H3,(H2,16,20)(H,18,22)/b17-7-. The largest absolute Gasteiger partial charge is 0.496 e. The second-order valence-electron chi connectivity index (χ2n) is 5.04. The number of hydrogen-bond donors (Lipinski definition) is 2. The maximum atomic E-state index is 11.7. The maximum absolute atomic E-state index is 11.7. The summed E-state index contributed by atoms with van der Waals surface area (Å²) in [5.74, 6) is 0.142. The Kier molecular flexibility index (Phi) is 4.79. The number of ether oxygens (including phenoxy) is 1. The van der Waals surface area contributed by atoms with Gasteiger partial charge in [-0.2, -0.15) is 5.10 Å². The molecule has 0 atom stereocenters. The minimum atomic E-state index is -0.700. The lowest BCUT2D eigenvalue weighted by molar-refractivity contribution is -0.384. The number of carbonyl (C=O) groups is 1. The van der Waals surface area contributed by atoms with E-state index in [1.807, 2.05) is 0 Å². The summed E-state index contributed by atoms with van der Waals surface area (Å²) in [7, 11) is 1.40. The molecule has 3 N–H and O–H groups in total. The zero-order valence-electron chi connectivity index (χ0n) is 13.8. The van der Waals surface area contributed by atoms with Gasteiger partial charge in [-0.1, -0.05) is 0 Å². The molecule has 0 saturated heterocycles. The lowest BCUT2D eigenvalue weighted by Crippen LogP contribution is -2.19. The zero-order valence-corrected chi connectivity index (χ0v) is 13.8. The topological polar surface area (TPSA) is 172 Å². The fourth-order valence-electron chi connectivity index (χ4n) is 2.12. The van der Waals surface area contributed by atoms with E-state index in [4.69, 9.17) is 14.9 Å². The summed E-state index contributed by atoms with van der Waals surface area (Å²) in [5.41, 5.74) is 7.82. The third kappa shape index (κ3) is 3.73. The highest BCUT2D eigenvalue weighted by molar-refractivity contribution is 5.96. The smallest absolute Gasteiger partial charge is 0.297 e. The van der Waals surface area contributed by atoms with Gasteiger partial charge in [-0.05, 0) is 28.5 Å². The molecule has 0 unspecified atom stereocenters. The maximum Gasteiger partial charge on any atom is 0.297 e. The van der Waals surface area contributed by atoms with Crippen LogP contribution in [0.25, 0.3) is 11.3 Å². The fraction of sp³-hybridized carbons (Fsp3) is 0.0667. The average molecular weight is 372 g/mol. The summed E-state index contributed by atoms with van der Waals surface area (Å²) in [6, 6.07) is 7.37. The number of nitrogens with one attached hydrogen (secondary N) is 1. The van der Waals surface area contributed by atoms with E-state index in [2.05, 4.69) is 25.5 Å². The molecule has 0 bridgehead atoms. The number of hydrazone groups is 1. The van der Waals surface area contributed by atoms with Crippen molar-refractivity contribution in [2.45, 2.75) is 0 Å². The molecule has 0 aliphatic rings. The van der Waals surface area contributed by atoms with Gasteiger partial charge in [-0.25, -0.2) is 10.1 Å². The Morgan fingerprint density at radius 1 is 1.37 bits per heavy atom. The molecule has 0 aliphatic carbocycles. The fourth-order valence-corrected chi connectivity index (χ4v) is 2.12. The number of methoxy groups -OCH3 is 1. The molecule has 27 heavy (non-hydrogen) atoms. The van der Waals surface area contributed by atoms with Crippen LogP contribution in [0.15, 0.2) is 44.5 Å². The van der Waals surface area contributed by atoms with Gasteiger partial charge in [-0.3, -0.25) is 14.9 Å². The van der Waals surface area contributed by atoms with Gasteiger partial charge in [0.25, 0.3) is 11.6 Å². The van der Waals surface area contributed by atoms with E-state index in [1.54, 1.807) is 12.1 Å². The molecule has 3 rings (SSSR count). The second-order valence-corrected chi connectivity index (χ2v) is 5.04. The first-order valence-corrected chi connectivity index (χ1v) is 7.33. The van der Waals surface area contributed by atoms with E-state index >= 15 is 0 Å². The Bertz CT molecular complexity index is 1020. The monoisotopic (exact) mass is 372 g/mol. The summed E-state index contributed by atoms with van der Waals surface area (Å²) in [6.07, 6.45) is 1.25. The number of amides is 1. The third-order valence-electron chi connectivity index (χ3n) is 3.38. The van der Waals surface area contributed by atoms with Gasteiger partial charge in [0.05, 0.1) is 29.9 Å². The van der Waals surface area contributed by atoms with E-state index in [1.165, 1.54) is 31.5 Å². The number of anilines is 1. The van der Waals surface area contributed by atoms with E-state index in [-0.39, 0.29) is 22.9 Å². The lowest BCUT2D eigenvalue weighted by atomic mass is 10.1. The van der Waals surface area contributed by atoms with E-state index in [0.29, 0.717) is 17.1 Å². The number of nitrogens with two attached hydrogens (primary N) is 1. The van der Waals surface area contributed by atoms with Crippen molar-refractivity contribution in [1.82, 2.24) is 15.7 Å². The van der Waals surface area contributed by atoms with Crippen LogP contribution in [-0.4, -0.2) is 34.5 Å². The molecular formula is C15H12N6O6. The van der Waals surface area contributed by atoms with Crippen LogP contribution in [0.3, 0.4) is 0 Å². The number of nitrogen functional groups attached to an aromatic ring is 1. The Hall–Kier alpha value is -4.22. The van der Waals surface area contributed by atoms with Crippen LogP contribution in [0.2, 0.25) is 0 Å². The van der Waals surface area contributed by atoms with Gasteiger partial charge in [0.15, 0.2) is 0 Å². The highest BCUT2D eigenvalue weighted by Crippen LogP contribution is 2.33. The Morgan fingerprint density at radius 3 is 2.85 bits per heavy atom. The SMILES string of the molecule is COc1cc([N+](=O)[O-])ccc1-c1ccc(/C=N\NC(=O)c2nonc2N)o1. The summed E-state index contributed by atoms with van der Waals surface area (Å²) in [6.45, 7) is 0. The number of nitro groups is 1. The molecule has 12 heteroatoms. The number of aromatic nitrogens is 2. The van der Waals surface area contributed by atoms with Crippen molar-refractivity contribution in [3.05, 3.63) is 51.9 Å². The minimum Gasteiger partial charge on any atom is -0.496 e. The van der Waals surface area contributed by atoms with Crippen LogP contribution >= 0.6 is 0 Å². The number of benzene rings is 1. The van der Waals surface area contributed by atoms with Crippen molar-refractivity contribution in [1.29, 1.82) is 0 Å². The quantitative estimate of drug-likeness (QED) is 0.370. The predicted molar refractivity (Wildman–Crippen MR) is 91.1 cm³/mol. The molecule has 1 aromatic carbocycles. The van der Waals surface area contributed by atoms with Crippen molar-refractivity contribution >= 4 is 23.6 Å². The van der Waals surface area contributed by atoms with Crippen molar-refractivity contribution in [2.75, 3.05) is 12.8 Å². The molecule has 138 valence electrons. The molecule has 2 aromatic heterocycles. The van der Waals surface area contributed by atoms with Crippen LogP contribution in [0.4, 0.5) is 11.5 Å². The van der Waals surface area contributed by atoms with Crippen molar-refractivity contribution < 1.29 is 23.5 Å². The van der Waals surface area contributed by atoms with Crippen LogP contribution < -0.4 is 15.9 Å². The molecule has 0 spiro atoms. The van der Waals surface area contributed by atoms with Crippen LogP contribution in [0, 0.1) is 10.1 Å². The first-order valence-electron chi connectivity index (χ1n) is 7.33. The molecule has 1 amide bonds. The van der Waals surface area contributed by atoms with Gasteiger partial charge in [-0.15, -0.1) is 0 Å². The zero-order chi connectivity index (χ0) is 19.4. The van der Waals surface area contributed by atoms with Crippen LogP contribution in [0.5, 0.6) is 5.75 Å². The van der Waals surface area contributed by atoms with Gasteiger partial charge < -0.3 is 14.9 Å². The minimum absolute atomic E-state index is 0.103. The van der Waals surface area contributed by atoms with Gasteiger partial charge in [0.1, 0.15) is 17.3 Å². The molecule has 0 aliphatic heterocycles. The molecule has 0 radical (unpaired) electrons. The number of hydrogen-bond acceptors (Lipinski definition) is 10. The van der Waals surface area contributed by atoms with Crippen molar-refractivity contribution in [3.63, 3.8) is 0 Å². The van der Waals surface area contributed by atoms with Gasteiger partial charge >= 0.3 is 0 Å². The molecule has 12 nitrogen and oxygen atoms in total. The van der Waals surface area contributed by atoms with Gasteiger partial charge in [0.2, 0.25) is 11.5 Å². The van der Waals surface area contributed by atoms with Crippen molar-refractivity contribution in [3.8, 4) is 17.1 Å². The number of carbonyl (C=O) groups excluding carboxylic acids is 1. The number of nitro benzene ring substituents is 1. The second kappa shape index (κ2) is 7.35. The summed E-state index contributed by atoms with van der Waals surface area (Å²) >= 11 is 0. The summed E-state index contributed by atoms with van der Waals surface area (Å²) in [5, 5.41) is 21.2. The van der Waals surface area contributed by atoms with E-state index in [0.717, 1.165) is 0 Å². The predicted octanol–water partition coefficient (Wildman–Crippen LogP) is 1.59. The lowest BCUT2D eigenvalue weighted by Gasteiger charge is -2.05. The molecule has 0 fully saturated rings. The normalized spacial score (nSPS) is 10.9. The number of furan rings is 1. The molecule has 2 heterocycles. The number of non-ortho nitro benzene ring substituents is 1. The first-order chi connectivity index (χ1) is 13.0. The number of rotatable bonds is 6. The Balaban J connectivity index is 1.74. The van der Waals surface area contributed by atoms with E-state index in [9.17, 15) is 14.9 Å².